The summed E-state index contributed by atoms with van der Waals surface area (Å²) in [5, 5.41) is 3.06. The van der Waals surface area contributed by atoms with Gasteiger partial charge in [0.15, 0.2) is 0 Å². The van der Waals surface area contributed by atoms with Crippen LogP contribution < -0.4 is 10.0 Å². The van der Waals surface area contributed by atoms with Gasteiger partial charge in [-0.25, -0.2) is 17.5 Å². The largest absolute Gasteiger partial charge is 0.311 e. The SMILES string of the molecule is CC(C)(CNCc1cncc(F)c1)NS(C)(=O)=O. The van der Waals surface area contributed by atoms with E-state index in [1.807, 2.05) is 0 Å². The van der Waals surface area contributed by atoms with Crippen LogP contribution in [0.4, 0.5) is 4.39 Å². The second-order valence-corrected chi connectivity index (χ2v) is 6.62. The number of aromatic nitrogens is 1. The summed E-state index contributed by atoms with van der Waals surface area (Å²) in [7, 11) is -3.25. The highest BCUT2D eigenvalue weighted by atomic mass is 32.2. The van der Waals surface area contributed by atoms with E-state index in [1.165, 1.54) is 6.07 Å². The number of rotatable bonds is 6. The Morgan fingerprint density at radius 2 is 2.06 bits per heavy atom. The van der Waals surface area contributed by atoms with Gasteiger partial charge in [-0.2, -0.15) is 0 Å². The molecular weight excluding hydrogens is 257 g/mol. The number of nitrogens with zero attached hydrogens (tertiary/aromatic N) is 1. The molecule has 1 aromatic rings. The standard InChI is InChI=1S/C11H18FN3O2S/c1-11(2,15-18(3,16)17)8-14-6-9-4-10(12)7-13-5-9/h4-5,7,14-15H,6,8H2,1-3H3. The zero-order valence-corrected chi connectivity index (χ0v) is 11.5. The van der Waals surface area contributed by atoms with Crippen molar-refractivity contribution in [2.24, 2.45) is 0 Å². The highest BCUT2D eigenvalue weighted by Crippen LogP contribution is 2.04. The molecule has 0 unspecified atom stereocenters. The van der Waals surface area contributed by atoms with E-state index >= 15 is 0 Å². The Balaban J connectivity index is 2.46. The summed E-state index contributed by atoms with van der Waals surface area (Å²) in [6.45, 7) is 4.39. The summed E-state index contributed by atoms with van der Waals surface area (Å²) in [4.78, 5) is 3.73. The van der Waals surface area contributed by atoms with E-state index in [-0.39, 0.29) is 5.82 Å². The third-order valence-corrected chi connectivity index (χ3v) is 3.04. The molecule has 0 radical (unpaired) electrons. The second kappa shape index (κ2) is 5.73. The Kier molecular flexibility index (Phi) is 4.78. The van der Waals surface area contributed by atoms with Gasteiger partial charge in [0.2, 0.25) is 10.0 Å². The zero-order valence-electron chi connectivity index (χ0n) is 10.7. The average Bonchev–Trinajstić information content (AvgIpc) is 2.13. The third-order valence-electron chi connectivity index (χ3n) is 2.12. The zero-order chi connectivity index (χ0) is 13.8. The van der Waals surface area contributed by atoms with Crippen molar-refractivity contribution < 1.29 is 12.8 Å². The van der Waals surface area contributed by atoms with E-state index in [0.29, 0.717) is 18.7 Å². The van der Waals surface area contributed by atoms with Crippen LogP contribution in [0.25, 0.3) is 0 Å². The number of sulfonamides is 1. The fraction of sp³-hybridized carbons (Fsp3) is 0.545. The molecule has 0 aliphatic carbocycles. The monoisotopic (exact) mass is 275 g/mol. The average molecular weight is 275 g/mol. The Morgan fingerprint density at radius 3 is 2.61 bits per heavy atom. The summed E-state index contributed by atoms with van der Waals surface area (Å²) in [6, 6.07) is 1.39. The van der Waals surface area contributed by atoms with Gasteiger partial charge in [0.05, 0.1) is 12.5 Å². The van der Waals surface area contributed by atoms with Crippen molar-refractivity contribution in [2.45, 2.75) is 25.9 Å². The molecule has 0 aromatic carbocycles. The molecule has 1 rings (SSSR count). The van der Waals surface area contributed by atoms with Gasteiger partial charge >= 0.3 is 0 Å². The van der Waals surface area contributed by atoms with Crippen molar-refractivity contribution in [3.05, 3.63) is 29.8 Å². The maximum atomic E-state index is 12.9. The molecule has 0 spiro atoms. The van der Waals surface area contributed by atoms with Gasteiger partial charge in [0.25, 0.3) is 0 Å². The molecule has 0 atom stereocenters. The van der Waals surface area contributed by atoms with Crippen molar-refractivity contribution in [1.29, 1.82) is 0 Å². The quantitative estimate of drug-likeness (QED) is 0.799. The van der Waals surface area contributed by atoms with Crippen LogP contribution in [0.5, 0.6) is 0 Å². The molecule has 0 saturated heterocycles. The minimum atomic E-state index is -3.25. The molecule has 102 valence electrons. The first-order valence-corrected chi connectivity index (χ1v) is 7.36. The predicted molar refractivity (Wildman–Crippen MR) is 68.0 cm³/mol. The lowest BCUT2D eigenvalue weighted by Crippen LogP contribution is -2.49. The fourth-order valence-electron chi connectivity index (χ4n) is 1.61. The van der Waals surface area contributed by atoms with E-state index in [9.17, 15) is 12.8 Å². The molecule has 0 amide bonds. The molecule has 0 aliphatic heterocycles. The smallest absolute Gasteiger partial charge is 0.209 e. The van der Waals surface area contributed by atoms with Gasteiger partial charge in [0.1, 0.15) is 5.82 Å². The van der Waals surface area contributed by atoms with E-state index in [0.717, 1.165) is 12.5 Å². The number of hydrogen-bond donors (Lipinski definition) is 2. The van der Waals surface area contributed by atoms with Crippen LogP contribution in [0.3, 0.4) is 0 Å². The lowest BCUT2D eigenvalue weighted by atomic mass is 10.1. The van der Waals surface area contributed by atoms with E-state index < -0.39 is 15.6 Å². The predicted octanol–water partition coefficient (Wildman–Crippen LogP) is 0.638. The summed E-state index contributed by atoms with van der Waals surface area (Å²) in [5.74, 6) is -0.386. The van der Waals surface area contributed by atoms with E-state index in [1.54, 1.807) is 20.0 Å². The minimum absolute atomic E-state index is 0.386. The van der Waals surface area contributed by atoms with Gasteiger partial charge in [-0.1, -0.05) is 0 Å². The molecule has 0 saturated carbocycles. The van der Waals surface area contributed by atoms with Crippen molar-refractivity contribution >= 4 is 10.0 Å². The van der Waals surface area contributed by atoms with Gasteiger partial charge in [0, 0.05) is 24.8 Å². The molecule has 2 N–H and O–H groups in total. The first kappa shape index (κ1) is 15.0. The van der Waals surface area contributed by atoms with Crippen molar-refractivity contribution in [3.8, 4) is 0 Å². The van der Waals surface area contributed by atoms with Crippen LogP contribution >= 0.6 is 0 Å². The third kappa shape index (κ3) is 6.04. The van der Waals surface area contributed by atoms with Crippen LogP contribution in [0.1, 0.15) is 19.4 Å². The van der Waals surface area contributed by atoms with Crippen molar-refractivity contribution in [2.75, 3.05) is 12.8 Å². The van der Waals surface area contributed by atoms with Gasteiger partial charge in [-0.15, -0.1) is 0 Å². The lowest BCUT2D eigenvalue weighted by molar-refractivity contribution is 0.420. The van der Waals surface area contributed by atoms with Crippen LogP contribution in [0, 0.1) is 5.82 Å². The van der Waals surface area contributed by atoms with Gasteiger partial charge in [-0.3, -0.25) is 4.98 Å². The van der Waals surface area contributed by atoms with E-state index in [4.69, 9.17) is 0 Å². The lowest BCUT2D eigenvalue weighted by Gasteiger charge is -2.25. The number of pyridine rings is 1. The van der Waals surface area contributed by atoms with Gasteiger partial charge < -0.3 is 5.32 Å². The summed E-state index contributed by atoms with van der Waals surface area (Å²) in [5.41, 5.74) is 0.110. The summed E-state index contributed by atoms with van der Waals surface area (Å²) in [6.07, 6.45) is 3.82. The Hall–Kier alpha value is -1.05. The summed E-state index contributed by atoms with van der Waals surface area (Å²) >= 11 is 0. The minimum Gasteiger partial charge on any atom is -0.311 e. The first-order valence-electron chi connectivity index (χ1n) is 5.47. The van der Waals surface area contributed by atoms with Crippen LogP contribution in [0.2, 0.25) is 0 Å². The normalized spacial score (nSPS) is 12.7. The number of hydrogen-bond acceptors (Lipinski definition) is 4. The van der Waals surface area contributed by atoms with Crippen LogP contribution in [0.15, 0.2) is 18.5 Å². The number of nitrogens with one attached hydrogen (secondary N) is 2. The maximum Gasteiger partial charge on any atom is 0.209 e. The Labute approximate surface area is 107 Å². The molecule has 18 heavy (non-hydrogen) atoms. The Morgan fingerprint density at radius 1 is 1.39 bits per heavy atom. The molecule has 0 bridgehead atoms. The topological polar surface area (TPSA) is 71.1 Å². The maximum absolute atomic E-state index is 12.9. The second-order valence-electron chi connectivity index (χ2n) is 4.87. The molecule has 0 fully saturated rings. The number of halogens is 1. The summed E-state index contributed by atoms with van der Waals surface area (Å²) < 4.78 is 37.6. The van der Waals surface area contributed by atoms with Crippen molar-refractivity contribution in [1.82, 2.24) is 15.0 Å². The molecule has 0 aliphatic rings. The Bertz CT molecular complexity index is 503. The van der Waals surface area contributed by atoms with Crippen LogP contribution in [-0.4, -0.2) is 31.7 Å². The van der Waals surface area contributed by atoms with Crippen LogP contribution in [-0.2, 0) is 16.6 Å². The molecule has 5 nitrogen and oxygen atoms in total. The fourth-order valence-corrected chi connectivity index (χ4v) is 2.69. The first-order chi connectivity index (χ1) is 8.18. The molecular formula is C11H18FN3O2S. The van der Waals surface area contributed by atoms with Crippen molar-refractivity contribution in [3.63, 3.8) is 0 Å². The molecule has 1 aromatic heterocycles. The molecule has 7 heteroatoms. The molecule has 1 heterocycles. The highest BCUT2D eigenvalue weighted by Gasteiger charge is 2.21. The van der Waals surface area contributed by atoms with E-state index in [2.05, 4.69) is 15.0 Å². The van der Waals surface area contributed by atoms with Gasteiger partial charge in [-0.05, 0) is 25.5 Å². The highest BCUT2D eigenvalue weighted by molar-refractivity contribution is 7.88.